The predicted octanol–water partition coefficient (Wildman–Crippen LogP) is 2.09. The molecule has 1 aromatic rings. The van der Waals surface area contributed by atoms with Crippen LogP contribution in [0.5, 0.6) is 0 Å². The molecule has 0 amide bonds. The number of aromatic nitrogens is 2. The monoisotopic (exact) mass is 149 g/mol. The summed E-state index contributed by atoms with van der Waals surface area (Å²) >= 11 is 0. The molecule has 0 spiro atoms. The van der Waals surface area contributed by atoms with Gasteiger partial charge in [-0.25, -0.2) is 4.68 Å². The Hall–Kier alpha value is -1.30. The molecule has 0 bridgehead atoms. The maximum Gasteiger partial charge on any atom is 0.298 e. The SMILES string of the molecule is [C-]#[N+]c1nn(C)cc1C(C)C. The third kappa shape index (κ3) is 1.40. The van der Waals surface area contributed by atoms with E-state index in [4.69, 9.17) is 6.57 Å². The van der Waals surface area contributed by atoms with Crippen molar-refractivity contribution in [3.8, 4) is 0 Å². The van der Waals surface area contributed by atoms with E-state index in [1.165, 1.54) is 0 Å². The Morgan fingerprint density at radius 3 is 2.64 bits per heavy atom. The first-order valence-electron chi connectivity index (χ1n) is 3.56. The number of nitrogens with zero attached hydrogens (tertiary/aromatic N) is 3. The first kappa shape index (κ1) is 7.80. The van der Waals surface area contributed by atoms with Crippen LogP contribution in [0.15, 0.2) is 6.20 Å². The molecule has 0 atom stereocenters. The van der Waals surface area contributed by atoms with Crippen molar-refractivity contribution in [1.82, 2.24) is 9.78 Å². The quantitative estimate of drug-likeness (QED) is 0.560. The fourth-order valence-electron chi connectivity index (χ4n) is 0.989. The highest BCUT2D eigenvalue weighted by atomic mass is 15.3. The van der Waals surface area contributed by atoms with Gasteiger partial charge in [-0.3, -0.25) is 0 Å². The van der Waals surface area contributed by atoms with Crippen LogP contribution in [-0.2, 0) is 7.05 Å². The van der Waals surface area contributed by atoms with Gasteiger partial charge in [0.2, 0.25) is 0 Å². The van der Waals surface area contributed by atoms with Gasteiger partial charge in [0.05, 0.1) is 0 Å². The van der Waals surface area contributed by atoms with Gasteiger partial charge in [-0.05, 0) is 11.0 Å². The van der Waals surface area contributed by atoms with Crippen LogP contribution in [0.1, 0.15) is 25.3 Å². The third-order valence-corrected chi connectivity index (χ3v) is 1.56. The lowest BCUT2D eigenvalue weighted by atomic mass is 10.1. The summed E-state index contributed by atoms with van der Waals surface area (Å²) in [5.41, 5.74) is 1.03. The molecule has 0 aliphatic rings. The zero-order valence-corrected chi connectivity index (χ0v) is 7.00. The minimum Gasteiger partial charge on any atom is -0.359 e. The molecule has 3 nitrogen and oxygen atoms in total. The van der Waals surface area contributed by atoms with Crippen molar-refractivity contribution in [1.29, 1.82) is 0 Å². The van der Waals surface area contributed by atoms with Gasteiger partial charge in [0.1, 0.15) is 0 Å². The summed E-state index contributed by atoms with van der Waals surface area (Å²) in [6, 6.07) is 0. The molecule has 58 valence electrons. The number of rotatable bonds is 1. The molecule has 0 saturated heterocycles. The van der Waals surface area contributed by atoms with Gasteiger partial charge in [-0.2, -0.15) is 0 Å². The Labute approximate surface area is 66.5 Å². The van der Waals surface area contributed by atoms with E-state index in [-0.39, 0.29) is 0 Å². The summed E-state index contributed by atoms with van der Waals surface area (Å²) in [4.78, 5) is 3.33. The van der Waals surface area contributed by atoms with E-state index < -0.39 is 0 Å². The lowest BCUT2D eigenvalue weighted by molar-refractivity contribution is 0.768. The summed E-state index contributed by atoms with van der Waals surface area (Å²) in [7, 11) is 1.83. The fraction of sp³-hybridized carbons (Fsp3) is 0.500. The molecule has 0 aromatic carbocycles. The van der Waals surface area contributed by atoms with Gasteiger partial charge in [0, 0.05) is 18.8 Å². The Morgan fingerprint density at radius 1 is 1.64 bits per heavy atom. The van der Waals surface area contributed by atoms with E-state index in [9.17, 15) is 0 Å². The van der Waals surface area contributed by atoms with E-state index >= 15 is 0 Å². The van der Waals surface area contributed by atoms with Crippen LogP contribution >= 0.6 is 0 Å². The van der Waals surface area contributed by atoms with Crippen LogP contribution in [0.4, 0.5) is 5.82 Å². The zero-order valence-electron chi connectivity index (χ0n) is 7.00. The summed E-state index contributed by atoms with van der Waals surface area (Å²) < 4.78 is 1.68. The van der Waals surface area contributed by atoms with Gasteiger partial charge >= 0.3 is 0 Å². The molecule has 0 aliphatic carbocycles. The number of aryl methyl sites for hydroxylation is 1. The Kier molecular flexibility index (Phi) is 1.95. The largest absolute Gasteiger partial charge is 0.359 e. The Balaban J connectivity index is 3.15. The molecule has 0 fully saturated rings. The maximum atomic E-state index is 6.84. The molecule has 1 rings (SSSR count). The molecule has 3 heteroatoms. The summed E-state index contributed by atoms with van der Waals surface area (Å²) in [5.74, 6) is 0.912. The van der Waals surface area contributed by atoms with Gasteiger partial charge in [-0.1, -0.05) is 20.4 Å². The molecule has 0 aliphatic heterocycles. The summed E-state index contributed by atoms with van der Waals surface area (Å²) in [5, 5.41) is 4.01. The lowest BCUT2D eigenvalue weighted by Crippen LogP contribution is -1.85. The fourth-order valence-corrected chi connectivity index (χ4v) is 0.989. The van der Waals surface area contributed by atoms with Crippen molar-refractivity contribution < 1.29 is 0 Å². The van der Waals surface area contributed by atoms with Crippen LogP contribution in [0.25, 0.3) is 4.85 Å². The van der Waals surface area contributed by atoms with Gasteiger partial charge in [-0.15, -0.1) is 0 Å². The maximum absolute atomic E-state index is 6.84. The van der Waals surface area contributed by atoms with Crippen molar-refractivity contribution in [3.05, 3.63) is 23.2 Å². The summed E-state index contributed by atoms with van der Waals surface area (Å²) in [6.07, 6.45) is 1.90. The van der Waals surface area contributed by atoms with Crippen molar-refractivity contribution in [2.24, 2.45) is 7.05 Å². The normalized spacial score (nSPS) is 10.1. The zero-order chi connectivity index (χ0) is 8.43. The van der Waals surface area contributed by atoms with Gasteiger partial charge < -0.3 is 4.85 Å². The second kappa shape index (κ2) is 2.75. The molecule has 0 saturated carbocycles. The van der Waals surface area contributed by atoms with E-state index in [1.807, 2.05) is 13.2 Å². The second-order valence-corrected chi connectivity index (χ2v) is 2.85. The molecule has 1 aromatic heterocycles. The second-order valence-electron chi connectivity index (χ2n) is 2.85. The van der Waals surface area contributed by atoms with Crippen LogP contribution in [0, 0.1) is 6.57 Å². The van der Waals surface area contributed by atoms with Gasteiger partial charge in [0.25, 0.3) is 5.82 Å². The lowest BCUT2D eigenvalue weighted by Gasteiger charge is -1.98. The molecular weight excluding hydrogens is 138 g/mol. The van der Waals surface area contributed by atoms with Crippen molar-refractivity contribution in [2.75, 3.05) is 0 Å². The predicted molar refractivity (Wildman–Crippen MR) is 43.6 cm³/mol. The van der Waals surface area contributed by atoms with E-state index in [0.29, 0.717) is 11.7 Å². The van der Waals surface area contributed by atoms with Crippen LogP contribution in [0.2, 0.25) is 0 Å². The minimum atomic E-state index is 0.382. The number of hydrogen-bond acceptors (Lipinski definition) is 1. The molecule has 0 radical (unpaired) electrons. The average molecular weight is 149 g/mol. The van der Waals surface area contributed by atoms with Crippen LogP contribution < -0.4 is 0 Å². The van der Waals surface area contributed by atoms with E-state index in [2.05, 4.69) is 23.8 Å². The van der Waals surface area contributed by atoms with E-state index in [1.54, 1.807) is 4.68 Å². The third-order valence-electron chi connectivity index (χ3n) is 1.56. The highest BCUT2D eigenvalue weighted by Crippen LogP contribution is 2.24. The van der Waals surface area contributed by atoms with Crippen molar-refractivity contribution in [3.63, 3.8) is 0 Å². The molecular formula is C8H11N3. The highest BCUT2D eigenvalue weighted by molar-refractivity contribution is 5.45. The van der Waals surface area contributed by atoms with Crippen molar-refractivity contribution in [2.45, 2.75) is 19.8 Å². The van der Waals surface area contributed by atoms with Gasteiger partial charge in [0.15, 0.2) is 0 Å². The first-order chi connectivity index (χ1) is 5.15. The van der Waals surface area contributed by atoms with Crippen molar-refractivity contribution >= 4 is 5.82 Å². The van der Waals surface area contributed by atoms with Crippen LogP contribution in [-0.4, -0.2) is 9.78 Å². The average Bonchev–Trinajstić information content (AvgIpc) is 2.30. The molecule has 0 unspecified atom stereocenters. The van der Waals surface area contributed by atoms with Crippen LogP contribution in [0.3, 0.4) is 0 Å². The summed E-state index contributed by atoms with van der Waals surface area (Å²) in [6.45, 7) is 11.0. The smallest absolute Gasteiger partial charge is 0.298 e. The highest BCUT2D eigenvalue weighted by Gasteiger charge is 2.10. The molecule has 0 N–H and O–H groups in total. The molecule has 1 heterocycles. The Morgan fingerprint density at radius 2 is 2.27 bits per heavy atom. The Bertz CT molecular complexity index is 291. The topological polar surface area (TPSA) is 22.2 Å². The standard InChI is InChI=1S/C8H11N3/c1-6(2)7-5-11(4)10-8(7)9-3/h5-6H,1-2,4H3. The number of hydrogen-bond donors (Lipinski definition) is 0. The van der Waals surface area contributed by atoms with E-state index in [0.717, 1.165) is 5.56 Å². The first-order valence-corrected chi connectivity index (χ1v) is 3.56. The molecule has 11 heavy (non-hydrogen) atoms. The minimum absolute atomic E-state index is 0.382.